The van der Waals surface area contributed by atoms with E-state index in [0.717, 1.165) is 28.5 Å². The number of hydrogen-bond donors (Lipinski definition) is 2. The van der Waals surface area contributed by atoms with Crippen LogP contribution in [0, 0.1) is 18.8 Å². The number of anilines is 1. The summed E-state index contributed by atoms with van der Waals surface area (Å²) in [4.78, 5) is 22.9. The molecule has 1 aliphatic carbocycles. The predicted molar refractivity (Wildman–Crippen MR) is 178 cm³/mol. The standard InChI is InChI=1S/C35H35N7O3/c1-23-38-28(15-14-27-13-12-26-7-5-6-8-30(26)40-27)21-34(39-23)41-33(20-25-11-18-31(44-3)32(19-25)45-4)42-35(36)37-22-24-9-16-29(43-2)17-10-24/h5-13,16,18-19,21,29H,17,20,22H2,1-4H3,(H3,36,37,38,39,41,42). The topological polar surface area (TPSA) is 129 Å². The van der Waals surface area contributed by atoms with Crippen molar-refractivity contribution in [2.24, 2.45) is 15.7 Å². The van der Waals surface area contributed by atoms with Crippen molar-refractivity contribution in [3.63, 3.8) is 0 Å². The zero-order chi connectivity index (χ0) is 31.6. The lowest BCUT2D eigenvalue weighted by Crippen LogP contribution is -2.22. The number of aromatic nitrogens is 3. The number of guanidine groups is 1. The molecule has 0 saturated heterocycles. The molecule has 4 aromatic rings. The van der Waals surface area contributed by atoms with Crippen molar-refractivity contribution in [1.29, 1.82) is 0 Å². The minimum Gasteiger partial charge on any atom is -0.493 e. The number of fused-ring (bicyclic) bond motifs is 1. The molecule has 10 heteroatoms. The van der Waals surface area contributed by atoms with Crippen molar-refractivity contribution in [3.8, 4) is 23.3 Å². The highest BCUT2D eigenvalue weighted by Gasteiger charge is 2.11. The van der Waals surface area contributed by atoms with Gasteiger partial charge in [0.1, 0.15) is 28.9 Å². The fourth-order valence-corrected chi connectivity index (χ4v) is 4.69. The van der Waals surface area contributed by atoms with E-state index in [4.69, 9.17) is 19.9 Å². The molecule has 3 N–H and O–H groups in total. The van der Waals surface area contributed by atoms with Crippen LogP contribution >= 0.6 is 0 Å². The van der Waals surface area contributed by atoms with Crippen molar-refractivity contribution in [2.45, 2.75) is 25.9 Å². The molecule has 228 valence electrons. The van der Waals surface area contributed by atoms with Crippen LogP contribution in [0.15, 0.2) is 94.4 Å². The largest absolute Gasteiger partial charge is 0.493 e. The number of pyridine rings is 1. The minimum atomic E-state index is 0.0834. The molecule has 1 unspecified atom stereocenters. The normalized spacial score (nSPS) is 14.8. The van der Waals surface area contributed by atoms with Gasteiger partial charge in [0.05, 0.1) is 32.4 Å². The zero-order valence-corrected chi connectivity index (χ0v) is 25.7. The number of amidine groups is 1. The highest BCUT2D eigenvalue weighted by atomic mass is 16.5. The predicted octanol–water partition coefficient (Wildman–Crippen LogP) is 5.02. The van der Waals surface area contributed by atoms with Gasteiger partial charge in [-0.05, 0) is 60.6 Å². The molecule has 0 aliphatic heterocycles. The van der Waals surface area contributed by atoms with Crippen LogP contribution in [0.25, 0.3) is 10.9 Å². The summed E-state index contributed by atoms with van der Waals surface area (Å²) in [5, 5.41) is 4.38. The molecule has 1 atom stereocenters. The average molecular weight is 602 g/mol. The SMILES string of the molecule is COc1ccc(CC(=NC(N)=NCC2=CCC(OC)C=C2)Nc2cc(C#Cc3ccc4ccccc4n3)nc(C)n2)cc1OC. The number of aryl methyl sites for hydroxylation is 1. The molecule has 0 bridgehead atoms. The van der Waals surface area contributed by atoms with E-state index >= 15 is 0 Å². The fraction of sp³-hybridized carbons (Fsp3) is 0.229. The summed E-state index contributed by atoms with van der Waals surface area (Å²) >= 11 is 0. The third-order valence-corrected chi connectivity index (χ3v) is 6.96. The molecule has 0 saturated carbocycles. The van der Waals surface area contributed by atoms with Gasteiger partial charge in [-0.3, -0.25) is 0 Å². The molecule has 2 aromatic carbocycles. The first-order valence-electron chi connectivity index (χ1n) is 14.4. The summed E-state index contributed by atoms with van der Waals surface area (Å²) in [6.45, 7) is 2.21. The molecule has 0 radical (unpaired) electrons. The van der Waals surface area contributed by atoms with Gasteiger partial charge in [0, 0.05) is 25.0 Å². The quantitative estimate of drug-likeness (QED) is 0.164. The Labute approximate surface area is 262 Å². The van der Waals surface area contributed by atoms with Crippen molar-refractivity contribution in [3.05, 3.63) is 107 Å². The Morgan fingerprint density at radius 2 is 1.78 bits per heavy atom. The van der Waals surface area contributed by atoms with Crippen molar-refractivity contribution in [1.82, 2.24) is 15.0 Å². The van der Waals surface area contributed by atoms with Crippen LogP contribution in [-0.4, -0.2) is 60.7 Å². The first-order valence-corrected chi connectivity index (χ1v) is 14.4. The number of nitrogens with zero attached hydrogens (tertiary/aromatic N) is 5. The van der Waals surface area contributed by atoms with Gasteiger partial charge in [0.15, 0.2) is 11.5 Å². The Morgan fingerprint density at radius 3 is 2.56 bits per heavy atom. The van der Waals surface area contributed by atoms with Gasteiger partial charge in [0.2, 0.25) is 5.96 Å². The van der Waals surface area contributed by atoms with Crippen LogP contribution in [0.4, 0.5) is 5.82 Å². The lowest BCUT2D eigenvalue weighted by molar-refractivity contribution is 0.142. The molecule has 45 heavy (non-hydrogen) atoms. The number of benzene rings is 2. The summed E-state index contributed by atoms with van der Waals surface area (Å²) in [5.41, 5.74) is 10.3. The monoisotopic (exact) mass is 601 g/mol. The van der Waals surface area contributed by atoms with Crippen LogP contribution in [0.1, 0.15) is 29.2 Å². The molecule has 2 heterocycles. The van der Waals surface area contributed by atoms with Gasteiger partial charge >= 0.3 is 0 Å². The molecular formula is C35H35N7O3. The Hall–Kier alpha value is -5.53. The van der Waals surface area contributed by atoms with Crippen LogP contribution in [0.3, 0.4) is 0 Å². The van der Waals surface area contributed by atoms with Crippen LogP contribution in [0.5, 0.6) is 11.5 Å². The molecule has 10 nitrogen and oxygen atoms in total. The number of ether oxygens (including phenoxy) is 3. The summed E-state index contributed by atoms with van der Waals surface area (Å²) in [6.07, 6.45) is 7.38. The van der Waals surface area contributed by atoms with Crippen LogP contribution in [0.2, 0.25) is 0 Å². The van der Waals surface area contributed by atoms with E-state index in [0.29, 0.717) is 53.3 Å². The van der Waals surface area contributed by atoms with E-state index in [2.05, 4.69) is 48.2 Å². The molecule has 5 rings (SSSR count). The first kappa shape index (κ1) is 30.9. The highest BCUT2D eigenvalue weighted by molar-refractivity contribution is 6.03. The smallest absolute Gasteiger partial charge is 0.217 e. The number of rotatable bonds is 8. The summed E-state index contributed by atoms with van der Waals surface area (Å²) in [7, 11) is 4.90. The van der Waals surface area contributed by atoms with Crippen LogP contribution in [-0.2, 0) is 11.2 Å². The lowest BCUT2D eigenvalue weighted by Gasteiger charge is -2.14. The Kier molecular flexibility index (Phi) is 10.1. The van der Waals surface area contributed by atoms with Gasteiger partial charge < -0.3 is 25.3 Å². The molecule has 1 aliphatic rings. The van der Waals surface area contributed by atoms with Crippen molar-refractivity contribution >= 4 is 28.5 Å². The van der Waals surface area contributed by atoms with E-state index in [1.54, 1.807) is 27.4 Å². The van der Waals surface area contributed by atoms with Gasteiger partial charge in [-0.1, -0.05) is 48.6 Å². The lowest BCUT2D eigenvalue weighted by atomic mass is 10.1. The van der Waals surface area contributed by atoms with Crippen molar-refractivity contribution < 1.29 is 14.2 Å². The fourth-order valence-electron chi connectivity index (χ4n) is 4.69. The minimum absolute atomic E-state index is 0.0834. The molecule has 2 aromatic heterocycles. The number of aliphatic imine (C=N–C) groups is 2. The molecule has 0 amide bonds. The second-order valence-electron chi connectivity index (χ2n) is 10.2. The number of nitrogens with two attached hydrogens (primary N) is 1. The zero-order valence-electron chi connectivity index (χ0n) is 25.7. The average Bonchev–Trinajstić information content (AvgIpc) is 3.06. The number of para-hydroxylation sites is 1. The molecule has 0 fully saturated rings. The number of nitrogens with one attached hydrogen (secondary N) is 1. The second kappa shape index (κ2) is 14.8. The summed E-state index contributed by atoms with van der Waals surface area (Å²) < 4.78 is 16.3. The van der Waals surface area contributed by atoms with E-state index < -0.39 is 0 Å². The molecular weight excluding hydrogens is 566 g/mol. The second-order valence-corrected chi connectivity index (χ2v) is 10.2. The number of methoxy groups -OCH3 is 3. The summed E-state index contributed by atoms with van der Waals surface area (Å²) in [6, 6.07) is 19.3. The first-order chi connectivity index (χ1) is 21.9. The maximum Gasteiger partial charge on any atom is 0.217 e. The van der Waals surface area contributed by atoms with E-state index in [1.165, 1.54) is 0 Å². The Bertz CT molecular complexity index is 1870. The van der Waals surface area contributed by atoms with Gasteiger partial charge in [-0.15, -0.1) is 0 Å². The van der Waals surface area contributed by atoms with Gasteiger partial charge in [-0.25, -0.2) is 24.9 Å². The third kappa shape index (κ3) is 8.53. The Balaban J connectivity index is 1.41. The van der Waals surface area contributed by atoms with Gasteiger partial charge in [-0.2, -0.15) is 0 Å². The highest BCUT2D eigenvalue weighted by Crippen LogP contribution is 2.28. The van der Waals surface area contributed by atoms with Crippen LogP contribution < -0.4 is 20.5 Å². The molecule has 0 spiro atoms. The maximum absolute atomic E-state index is 6.31. The van der Waals surface area contributed by atoms with E-state index in [1.807, 2.05) is 73.7 Å². The third-order valence-electron chi connectivity index (χ3n) is 6.96. The van der Waals surface area contributed by atoms with E-state index in [9.17, 15) is 0 Å². The Morgan fingerprint density at radius 1 is 0.956 bits per heavy atom. The van der Waals surface area contributed by atoms with Gasteiger partial charge in [0.25, 0.3) is 0 Å². The number of hydrogen-bond acceptors (Lipinski definition) is 7. The maximum atomic E-state index is 6.31. The summed E-state index contributed by atoms with van der Waals surface area (Å²) in [5.74, 6) is 9.22. The van der Waals surface area contributed by atoms with Crippen molar-refractivity contribution in [2.75, 3.05) is 33.2 Å². The van der Waals surface area contributed by atoms with E-state index in [-0.39, 0.29) is 12.1 Å².